The molecule has 2 aliphatic rings. The Morgan fingerprint density at radius 2 is 2.08 bits per heavy atom. The highest BCUT2D eigenvalue weighted by Gasteiger charge is 2.39. The molecule has 6 heteroatoms. The van der Waals surface area contributed by atoms with Crippen LogP contribution < -0.4 is 11.1 Å². The van der Waals surface area contributed by atoms with E-state index in [0.717, 1.165) is 42.9 Å². The van der Waals surface area contributed by atoms with Crippen LogP contribution in [0.2, 0.25) is 0 Å². The smallest absolute Gasteiger partial charge is 0.217 e. The number of guanidine groups is 1. The van der Waals surface area contributed by atoms with Gasteiger partial charge in [0, 0.05) is 43.0 Å². The Kier molecular flexibility index (Phi) is 6.22. The number of nitrogens with one attached hydrogen (secondary N) is 1. The molecule has 142 valence electrons. The SMILES string of the molecule is CN=C(NCC1(c2ccc(Br)cc2)CCC1)N1CCCC(CC(N)=O)C1. The van der Waals surface area contributed by atoms with E-state index in [2.05, 4.69) is 55.4 Å². The number of carbonyl (C=O) groups is 1. The monoisotopic (exact) mass is 420 g/mol. The van der Waals surface area contributed by atoms with Crippen molar-refractivity contribution >= 4 is 27.8 Å². The molecule has 1 unspecified atom stereocenters. The van der Waals surface area contributed by atoms with Crippen LogP contribution in [0.25, 0.3) is 0 Å². The van der Waals surface area contributed by atoms with Gasteiger partial charge in [-0.25, -0.2) is 0 Å². The first kappa shape index (κ1) is 19.2. The van der Waals surface area contributed by atoms with Gasteiger partial charge in [0.15, 0.2) is 5.96 Å². The van der Waals surface area contributed by atoms with E-state index in [1.54, 1.807) is 0 Å². The van der Waals surface area contributed by atoms with E-state index in [1.165, 1.54) is 24.8 Å². The molecule has 0 aromatic heterocycles. The normalized spacial score (nSPS) is 22.6. The molecule has 5 nitrogen and oxygen atoms in total. The van der Waals surface area contributed by atoms with Crippen LogP contribution in [-0.2, 0) is 10.2 Å². The fourth-order valence-electron chi connectivity index (χ4n) is 4.26. The zero-order valence-electron chi connectivity index (χ0n) is 15.5. The van der Waals surface area contributed by atoms with Gasteiger partial charge in [-0.15, -0.1) is 0 Å². The number of nitrogens with zero attached hydrogens (tertiary/aromatic N) is 2. The highest BCUT2D eigenvalue weighted by atomic mass is 79.9. The number of nitrogens with two attached hydrogens (primary N) is 1. The van der Waals surface area contributed by atoms with Crippen molar-refractivity contribution in [3.05, 3.63) is 34.3 Å². The Balaban J connectivity index is 1.63. The molecule has 0 bridgehead atoms. The van der Waals surface area contributed by atoms with Gasteiger partial charge in [0.25, 0.3) is 0 Å². The van der Waals surface area contributed by atoms with E-state index in [1.807, 2.05) is 7.05 Å². The maximum absolute atomic E-state index is 11.3. The van der Waals surface area contributed by atoms with Gasteiger partial charge < -0.3 is 16.0 Å². The highest BCUT2D eigenvalue weighted by molar-refractivity contribution is 9.10. The van der Waals surface area contributed by atoms with Crippen LogP contribution in [0.3, 0.4) is 0 Å². The summed E-state index contributed by atoms with van der Waals surface area (Å²) >= 11 is 3.53. The lowest BCUT2D eigenvalue weighted by molar-refractivity contribution is -0.119. The van der Waals surface area contributed by atoms with Crippen LogP contribution in [-0.4, -0.2) is 43.4 Å². The Morgan fingerprint density at radius 1 is 1.35 bits per heavy atom. The Morgan fingerprint density at radius 3 is 2.65 bits per heavy atom. The van der Waals surface area contributed by atoms with Gasteiger partial charge in [-0.3, -0.25) is 9.79 Å². The van der Waals surface area contributed by atoms with E-state index in [9.17, 15) is 4.79 Å². The van der Waals surface area contributed by atoms with Crippen molar-refractivity contribution in [3.8, 4) is 0 Å². The van der Waals surface area contributed by atoms with Crippen molar-refractivity contribution in [2.75, 3.05) is 26.7 Å². The molecule has 26 heavy (non-hydrogen) atoms. The molecule has 1 aromatic rings. The molecule has 2 fully saturated rings. The Labute approximate surface area is 164 Å². The van der Waals surface area contributed by atoms with Crippen molar-refractivity contribution in [1.29, 1.82) is 0 Å². The lowest BCUT2D eigenvalue weighted by Crippen LogP contribution is -2.52. The van der Waals surface area contributed by atoms with Crippen LogP contribution in [0.4, 0.5) is 0 Å². The summed E-state index contributed by atoms with van der Waals surface area (Å²) in [7, 11) is 1.84. The number of primary amides is 1. The molecule has 1 aliphatic heterocycles. The zero-order chi connectivity index (χ0) is 18.6. The van der Waals surface area contributed by atoms with Gasteiger partial charge >= 0.3 is 0 Å². The summed E-state index contributed by atoms with van der Waals surface area (Å²) in [5.41, 5.74) is 7.00. The van der Waals surface area contributed by atoms with Crippen LogP contribution in [0.1, 0.15) is 44.1 Å². The van der Waals surface area contributed by atoms with Crippen LogP contribution >= 0.6 is 15.9 Å². The predicted octanol–water partition coefficient (Wildman–Crippen LogP) is 3.03. The van der Waals surface area contributed by atoms with Crippen molar-refractivity contribution in [3.63, 3.8) is 0 Å². The van der Waals surface area contributed by atoms with Gasteiger partial charge in [0.2, 0.25) is 5.91 Å². The molecule has 1 saturated carbocycles. The molecule has 1 saturated heterocycles. The summed E-state index contributed by atoms with van der Waals surface area (Å²) in [5.74, 6) is 1.08. The number of carbonyl (C=O) groups excluding carboxylic acids is 1. The molecule has 1 amide bonds. The number of likely N-dealkylation sites (tertiary alicyclic amines) is 1. The van der Waals surface area contributed by atoms with Crippen molar-refractivity contribution in [2.24, 2.45) is 16.6 Å². The number of piperidine rings is 1. The van der Waals surface area contributed by atoms with Gasteiger partial charge in [-0.1, -0.05) is 34.5 Å². The average Bonchev–Trinajstić information content (AvgIpc) is 2.58. The molecule has 1 aliphatic carbocycles. The second-order valence-corrected chi connectivity index (χ2v) is 8.58. The second kappa shape index (κ2) is 8.42. The minimum atomic E-state index is -0.205. The van der Waals surface area contributed by atoms with Gasteiger partial charge in [0.1, 0.15) is 0 Å². The third-order valence-corrected chi connectivity index (χ3v) is 6.40. The molecule has 1 atom stereocenters. The van der Waals surface area contributed by atoms with E-state index in [0.29, 0.717) is 12.3 Å². The van der Waals surface area contributed by atoms with E-state index in [-0.39, 0.29) is 11.3 Å². The predicted molar refractivity (Wildman–Crippen MR) is 109 cm³/mol. The molecule has 1 aromatic carbocycles. The van der Waals surface area contributed by atoms with Crippen molar-refractivity contribution in [1.82, 2.24) is 10.2 Å². The lowest BCUT2D eigenvalue weighted by Gasteiger charge is -2.44. The lowest BCUT2D eigenvalue weighted by atomic mass is 9.64. The maximum atomic E-state index is 11.3. The van der Waals surface area contributed by atoms with Crippen LogP contribution in [0, 0.1) is 5.92 Å². The Bertz CT molecular complexity index is 654. The summed E-state index contributed by atoms with van der Waals surface area (Å²) in [5, 5.41) is 3.62. The third kappa shape index (κ3) is 4.40. The molecule has 0 radical (unpaired) electrons. The van der Waals surface area contributed by atoms with Gasteiger partial charge in [0.05, 0.1) is 0 Å². The van der Waals surface area contributed by atoms with Gasteiger partial charge in [-0.2, -0.15) is 0 Å². The first-order chi connectivity index (χ1) is 12.5. The van der Waals surface area contributed by atoms with Crippen LogP contribution in [0.5, 0.6) is 0 Å². The quantitative estimate of drug-likeness (QED) is 0.567. The highest BCUT2D eigenvalue weighted by Crippen LogP contribution is 2.43. The maximum Gasteiger partial charge on any atom is 0.217 e. The zero-order valence-corrected chi connectivity index (χ0v) is 17.1. The van der Waals surface area contributed by atoms with E-state index < -0.39 is 0 Å². The molecular formula is C20H29BrN4O. The van der Waals surface area contributed by atoms with Crippen molar-refractivity contribution in [2.45, 2.75) is 43.9 Å². The number of rotatable bonds is 5. The minimum absolute atomic E-state index is 0.205. The molecule has 3 N–H and O–H groups in total. The first-order valence-electron chi connectivity index (χ1n) is 9.52. The minimum Gasteiger partial charge on any atom is -0.370 e. The summed E-state index contributed by atoms with van der Waals surface area (Å²) < 4.78 is 1.12. The van der Waals surface area contributed by atoms with Gasteiger partial charge in [-0.05, 0) is 49.3 Å². The summed E-state index contributed by atoms with van der Waals surface area (Å²) in [6.45, 7) is 2.74. The van der Waals surface area contributed by atoms with E-state index in [4.69, 9.17) is 5.73 Å². The fraction of sp³-hybridized carbons (Fsp3) is 0.600. The number of aliphatic imine (C=N–C) groups is 1. The second-order valence-electron chi connectivity index (χ2n) is 7.67. The molecule has 0 spiro atoms. The summed E-state index contributed by atoms with van der Waals surface area (Å²) in [6, 6.07) is 8.72. The number of benzene rings is 1. The number of halogens is 1. The van der Waals surface area contributed by atoms with E-state index >= 15 is 0 Å². The number of amides is 1. The standard InChI is InChI=1S/C20H29BrN4O/c1-23-19(25-11-2-4-15(13-25)12-18(22)26)24-14-20(9-3-10-20)16-5-7-17(21)8-6-16/h5-8,15H,2-4,9-14H2,1H3,(H2,22,26)(H,23,24). The summed E-state index contributed by atoms with van der Waals surface area (Å²) in [6.07, 6.45) is 6.32. The third-order valence-electron chi connectivity index (χ3n) is 5.87. The molecule has 3 rings (SSSR count). The topological polar surface area (TPSA) is 70.7 Å². The van der Waals surface area contributed by atoms with Crippen LogP contribution in [0.15, 0.2) is 33.7 Å². The number of hydrogen-bond acceptors (Lipinski definition) is 2. The average molecular weight is 421 g/mol. The first-order valence-corrected chi connectivity index (χ1v) is 10.3. The molecule has 1 heterocycles. The molecular weight excluding hydrogens is 392 g/mol. The number of hydrogen-bond donors (Lipinski definition) is 2. The fourth-order valence-corrected chi connectivity index (χ4v) is 4.53. The summed E-state index contributed by atoms with van der Waals surface area (Å²) in [4.78, 5) is 18.0. The largest absolute Gasteiger partial charge is 0.370 e. The Hall–Kier alpha value is -1.56. The van der Waals surface area contributed by atoms with Crippen molar-refractivity contribution < 1.29 is 4.79 Å².